The van der Waals surface area contributed by atoms with E-state index in [9.17, 15) is 4.79 Å². The van der Waals surface area contributed by atoms with Crippen molar-refractivity contribution in [2.75, 3.05) is 6.61 Å². The third kappa shape index (κ3) is 2.31. The molecule has 0 saturated heterocycles. The Hall–Kier alpha value is -2.03. The zero-order valence-electron chi connectivity index (χ0n) is 8.97. The van der Waals surface area contributed by atoms with Crippen LogP contribution in [0.2, 0.25) is 0 Å². The van der Waals surface area contributed by atoms with E-state index in [0.29, 0.717) is 6.61 Å². The molecule has 82 valence electrons. The van der Waals surface area contributed by atoms with Crippen LogP contribution in [0.5, 0.6) is 5.75 Å². The standard InChI is InChI=1S/C13H12O3/c1-2-15-12-6-3-10(4-7-12)11-5-8-13(14)16-9-11/h3-9H,2H2,1H3. The Morgan fingerprint density at radius 1 is 1.06 bits per heavy atom. The predicted octanol–water partition coefficient (Wildman–Crippen LogP) is 2.71. The van der Waals surface area contributed by atoms with Crippen molar-refractivity contribution in [3.8, 4) is 16.9 Å². The third-order valence-electron chi connectivity index (χ3n) is 2.20. The molecule has 0 fully saturated rings. The van der Waals surface area contributed by atoms with E-state index >= 15 is 0 Å². The third-order valence-corrected chi connectivity index (χ3v) is 2.20. The van der Waals surface area contributed by atoms with E-state index in [0.717, 1.165) is 16.9 Å². The molecular formula is C13H12O3. The average Bonchev–Trinajstić information content (AvgIpc) is 2.32. The van der Waals surface area contributed by atoms with Crippen LogP contribution in [0.15, 0.2) is 51.9 Å². The second-order valence-corrected chi connectivity index (χ2v) is 3.30. The van der Waals surface area contributed by atoms with E-state index in [1.807, 2.05) is 31.2 Å². The Morgan fingerprint density at radius 2 is 1.75 bits per heavy atom. The fourth-order valence-electron chi connectivity index (χ4n) is 1.43. The molecule has 0 spiro atoms. The summed E-state index contributed by atoms with van der Waals surface area (Å²) in [6, 6.07) is 10.8. The highest BCUT2D eigenvalue weighted by Gasteiger charge is 1.99. The lowest BCUT2D eigenvalue weighted by atomic mass is 10.1. The maximum Gasteiger partial charge on any atom is 0.335 e. The Labute approximate surface area is 93.3 Å². The minimum absolute atomic E-state index is 0.338. The number of rotatable bonds is 3. The smallest absolute Gasteiger partial charge is 0.335 e. The van der Waals surface area contributed by atoms with Crippen LogP contribution in [0, 0.1) is 0 Å². The molecular weight excluding hydrogens is 204 g/mol. The second kappa shape index (κ2) is 4.66. The van der Waals surface area contributed by atoms with Crippen LogP contribution < -0.4 is 10.4 Å². The van der Waals surface area contributed by atoms with Gasteiger partial charge in [0.05, 0.1) is 6.61 Å². The molecule has 2 rings (SSSR count). The number of hydrogen-bond acceptors (Lipinski definition) is 3. The molecule has 0 saturated carbocycles. The summed E-state index contributed by atoms with van der Waals surface area (Å²) in [5.74, 6) is 0.837. The normalized spacial score (nSPS) is 10.1. The molecule has 0 aliphatic rings. The molecule has 0 unspecified atom stereocenters. The molecule has 1 heterocycles. The Kier molecular flexibility index (Phi) is 3.05. The highest BCUT2D eigenvalue weighted by Crippen LogP contribution is 2.21. The molecule has 0 radical (unpaired) electrons. The summed E-state index contributed by atoms with van der Waals surface area (Å²) in [4.78, 5) is 10.8. The highest BCUT2D eigenvalue weighted by molar-refractivity contribution is 5.62. The first kappa shape index (κ1) is 10.5. The van der Waals surface area contributed by atoms with Gasteiger partial charge in [-0.3, -0.25) is 0 Å². The zero-order valence-corrected chi connectivity index (χ0v) is 8.97. The zero-order chi connectivity index (χ0) is 11.4. The number of benzene rings is 1. The van der Waals surface area contributed by atoms with Crippen LogP contribution in [-0.4, -0.2) is 6.61 Å². The van der Waals surface area contributed by atoms with Crippen LogP contribution in [0.4, 0.5) is 0 Å². The van der Waals surface area contributed by atoms with Gasteiger partial charge in [0.25, 0.3) is 0 Å². The molecule has 16 heavy (non-hydrogen) atoms. The lowest BCUT2D eigenvalue weighted by Crippen LogP contribution is -1.94. The monoisotopic (exact) mass is 216 g/mol. The first-order valence-electron chi connectivity index (χ1n) is 5.11. The van der Waals surface area contributed by atoms with Gasteiger partial charge in [-0.15, -0.1) is 0 Å². The van der Waals surface area contributed by atoms with Crippen molar-refractivity contribution in [2.45, 2.75) is 6.92 Å². The second-order valence-electron chi connectivity index (χ2n) is 3.30. The quantitative estimate of drug-likeness (QED) is 0.791. The van der Waals surface area contributed by atoms with Crippen LogP contribution in [0.25, 0.3) is 11.1 Å². The van der Waals surface area contributed by atoms with Gasteiger partial charge in [0, 0.05) is 11.6 Å². The van der Waals surface area contributed by atoms with Crippen LogP contribution in [0.3, 0.4) is 0 Å². The summed E-state index contributed by atoms with van der Waals surface area (Å²) in [5.41, 5.74) is 1.53. The van der Waals surface area contributed by atoms with Gasteiger partial charge < -0.3 is 9.15 Å². The van der Waals surface area contributed by atoms with Gasteiger partial charge in [-0.2, -0.15) is 0 Å². The van der Waals surface area contributed by atoms with E-state index in [-0.39, 0.29) is 5.63 Å². The summed E-state index contributed by atoms with van der Waals surface area (Å²) in [5, 5.41) is 0. The van der Waals surface area contributed by atoms with Crippen molar-refractivity contribution in [3.63, 3.8) is 0 Å². The highest BCUT2D eigenvalue weighted by atomic mass is 16.5. The molecule has 0 atom stereocenters. The molecule has 3 heteroatoms. The van der Waals surface area contributed by atoms with Gasteiger partial charge in [0.1, 0.15) is 12.0 Å². The number of ether oxygens (including phenoxy) is 1. The van der Waals surface area contributed by atoms with Crippen LogP contribution in [-0.2, 0) is 0 Å². The van der Waals surface area contributed by atoms with Crippen molar-refractivity contribution >= 4 is 0 Å². The van der Waals surface area contributed by atoms with Gasteiger partial charge in [-0.25, -0.2) is 4.79 Å². The van der Waals surface area contributed by atoms with Gasteiger partial charge >= 0.3 is 5.63 Å². The summed E-state index contributed by atoms with van der Waals surface area (Å²) >= 11 is 0. The van der Waals surface area contributed by atoms with Crippen molar-refractivity contribution < 1.29 is 9.15 Å². The number of hydrogen-bond donors (Lipinski definition) is 0. The molecule has 0 amide bonds. The Balaban J connectivity index is 2.27. The molecule has 3 nitrogen and oxygen atoms in total. The van der Waals surface area contributed by atoms with Crippen LogP contribution >= 0.6 is 0 Å². The molecule has 1 aromatic carbocycles. The molecule has 1 aromatic heterocycles. The fourth-order valence-corrected chi connectivity index (χ4v) is 1.43. The van der Waals surface area contributed by atoms with E-state index < -0.39 is 0 Å². The van der Waals surface area contributed by atoms with E-state index in [2.05, 4.69) is 0 Å². The molecule has 2 aromatic rings. The first-order chi connectivity index (χ1) is 7.79. The van der Waals surface area contributed by atoms with Gasteiger partial charge in [0.15, 0.2) is 0 Å². The fraction of sp³-hybridized carbons (Fsp3) is 0.154. The van der Waals surface area contributed by atoms with Gasteiger partial charge in [0.2, 0.25) is 0 Å². The van der Waals surface area contributed by atoms with Crippen molar-refractivity contribution in [1.29, 1.82) is 0 Å². The molecule has 0 N–H and O–H groups in total. The van der Waals surface area contributed by atoms with Crippen molar-refractivity contribution in [2.24, 2.45) is 0 Å². The maximum absolute atomic E-state index is 10.8. The molecule has 0 bridgehead atoms. The molecule has 0 aliphatic heterocycles. The van der Waals surface area contributed by atoms with Crippen molar-refractivity contribution in [3.05, 3.63) is 53.1 Å². The SMILES string of the molecule is CCOc1ccc(-c2ccc(=O)oc2)cc1. The lowest BCUT2D eigenvalue weighted by Gasteiger charge is -2.04. The Morgan fingerprint density at radius 3 is 2.31 bits per heavy atom. The predicted molar refractivity (Wildman–Crippen MR) is 61.6 cm³/mol. The first-order valence-corrected chi connectivity index (χ1v) is 5.11. The van der Waals surface area contributed by atoms with E-state index in [1.165, 1.54) is 12.3 Å². The van der Waals surface area contributed by atoms with Gasteiger partial charge in [-0.05, 0) is 30.7 Å². The maximum atomic E-state index is 10.8. The topological polar surface area (TPSA) is 39.4 Å². The summed E-state index contributed by atoms with van der Waals surface area (Å²) in [6.07, 6.45) is 1.46. The summed E-state index contributed by atoms with van der Waals surface area (Å²) < 4.78 is 10.1. The summed E-state index contributed by atoms with van der Waals surface area (Å²) in [6.45, 7) is 2.60. The minimum atomic E-state index is -0.338. The van der Waals surface area contributed by atoms with Crippen LogP contribution in [0.1, 0.15) is 6.92 Å². The molecule has 0 aliphatic carbocycles. The van der Waals surface area contributed by atoms with Crippen molar-refractivity contribution in [1.82, 2.24) is 0 Å². The van der Waals surface area contributed by atoms with E-state index in [1.54, 1.807) is 6.07 Å². The lowest BCUT2D eigenvalue weighted by molar-refractivity contribution is 0.340. The Bertz CT molecular complexity index is 491. The summed E-state index contributed by atoms with van der Waals surface area (Å²) in [7, 11) is 0. The largest absolute Gasteiger partial charge is 0.494 e. The average molecular weight is 216 g/mol. The minimum Gasteiger partial charge on any atom is -0.494 e. The van der Waals surface area contributed by atoms with Gasteiger partial charge in [-0.1, -0.05) is 12.1 Å². The van der Waals surface area contributed by atoms with E-state index in [4.69, 9.17) is 9.15 Å².